The first-order chi connectivity index (χ1) is 10.7. The minimum Gasteiger partial charge on any atom is -0.354 e. The summed E-state index contributed by atoms with van der Waals surface area (Å²) in [6, 6.07) is 5.07. The number of hydrogen-bond acceptors (Lipinski definition) is 5. The Morgan fingerprint density at radius 2 is 1.91 bits per heavy atom. The number of halogens is 1. The summed E-state index contributed by atoms with van der Waals surface area (Å²) in [5.41, 5.74) is 6.90. The van der Waals surface area contributed by atoms with E-state index in [0.29, 0.717) is 23.0 Å². The van der Waals surface area contributed by atoms with E-state index in [0.717, 1.165) is 38.5 Å². The minimum absolute atomic E-state index is 0.546. The number of rotatable bonds is 4. The Morgan fingerprint density at radius 3 is 2.50 bits per heavy atom. The summed E-state index contributed by atoms with van der Waals surface area (Å²) >= 11 is 5.90. The highest BCUT2D eigenvalue weighted by molar-refractivity contribution is 6.30. The van der Waals surface area contributed by atoms with Crippen molar-refractivity contribution in [2.45, 2.75) is 32.4 Å². The van der Waals surface area contributed by atoms with Gasteiger partial charge in [-0.15, -0.1) is 0 Å². The first-order valence-electron chi connectivity index (χ1n) is 8.27. The van der Waals surface area contributed by atoms with Gasteiger partial charge < -0.3 is 4.90 Å². The van der Waals surface area contributed by atoms with E-state index in [-0.39, 0.29) is 0 Å². The second kappa shape index (κ2) is 7.13. The minimum atomic E-state index is 0.546. The first kappa shape index (κ1) is 16.0. The summed E-state index contributed by atoms with van der Waals surface area (Å²) < 4.78 is 0. The molecule has 1 aromatic rings. The fourth-order valence-electron chi connectivity index (χ4n) is 3.44. The van der Waals surface area contributed by atoms with Gasteiger partial charge in [0.15, 0.2) is 0 Å². The zero-order chi connectivity index (χ0) is 15.5. The number of hydrogen-bond donors (Lipinski definition) is 2. The normalized spacial score (nSPS) is 30.0. The third kappa shape index (κ3) is 3.54. The van der Waals surface area contributed by atoms with Crippen molar-refractivity contribution in [3.63, 3.8) is 0 Å². The van der Waals surface area contributed by atoms with Crippen LogP contribution in [0.4, 0.5) is 5.82 Å². The van der Waals surface area contributed by atoms with Crippen LogP contribution in [0.5, 0.6) is 0 Å². The average Bonchev–Trinajstić information content (AvgIpc) is 2.89. The maximum absolute atomic E-state index is 5.90. The molecule has 2 aliphatic rings. The van der Waals surface area contributed by atoms with Crippen molar-refractivity contribution in [1.29, 1.82) is 0 Å². The molecule has 0 saturated carbocycles. The maximum Gasteiger partial charge on any atom is 0.128 e. The Labute approximate surface area is 138 Å². The van der Waals surface area contributed by atoms with E-state index in [2.05, 4.69) is 39.5 Å². The van der Waals surface area contributed by atoms with E-state index in [1.165, 1.54) is 6.42 Å². The molecule has 22 heavy (non-hydrogen) atoms. The molecule has 0 radical (unpaired) electrons. The van der Waals surface area contributed by atoms with Crippen molar-refractivity contribution in [1.82, 2.24) is 20.7 Å². The predicted molar refractivity (Wildman–Crippen MR) is 91.2 cm³/mol. The number of nitrogens with zero attached hydrogens (tertiary/aromatic N) is 3. The topological polar surface area (TPSA) is 43.4 Å². The zero-order valence-corrected chi connectivity index (χ0v) is 14.2. The molecule has 2 saturated heterocycles. The lowest BCUT2D eigenvalue weighted by Gasteiger charge is -2.37. The second-order valence-electron chi connectivity index (χ2n) is 6.39. The van der Waals surface area contributed by atoms with E-state index in [1.54, 1.807) is 6.20 Å². The van der Waals surface area contributed by atoms with E-state index in [4.69, 9.17) is 11.6 Å². The van der Waals surface area contributed by atoms with E-state index in [1.807, 2.05) is 12.1 Å². The maximum atomic E-state index is 5.90. The van der Waals surface area contributed by atoms with Crippen LogP contribution in [0.2, 0.25) is 5.02 Å². The Balaban J connectivity index is 1.49. The monoisotopic (exact) mass is 323 g/mol. The smallest absolute Gasteiger partial charge is 0.128 e. The lowest BCUT2D eigenvalue weighted by molar-refractivity contribution is 0.218. The summed E-state index contributed by atoms with van der Waals surface area (Å²) in [6.45, 7) is 9.95. The van der Waals surface area contributed by atoms with Gasteiger partial charge in [-0.2, -0.15) is 0 Å². The molecule has 0 amide bonds. The highest BCUT2D eigenvalue weighted by Crippen LogP contribution is 2.20. The van der Waals surface area contributed by atoms with E-state index < -0.39 is 0 Å². The van der Waals surface area contributed by atoms with Gasteiger partial charge in [-0.05, 0) is 24.5 Å². The molecular weight excluding hydrogens is 298 g/mol. The summed E-state index contributed by atoms with van der Waals surface area (Å²) in [5.74, 6) is 1.71. The van der Waals surface area contributed by atoms with Gasteiger partial charge in [-0.1, -0.05) is 25.4 Å². The molecule has 3 rings (SSSR count). The molecule has 2 fully saturated rings. The van der Waals surface area contributed by atoms with E-state index in [9.17, 15) is 0 Å². The molecule has 0 bridgehead atoms. The summed E-state index contributed by atoms with van der Waals surface area (Å²) in [5, 5.41) is 0.696. The van der Waals surface area contributed by atoms with Crippen LogP contribution in [0, 0.1) is 5.92 Å². The third-order valence-corrected chi connectivity index (χ3v) is 5.25. The number of aromatic nitrogens is 1. The number of piperazine rings is 1. The molecular formula is C16H26ClN5. The van der Waals surface area contributed by atoms with Crippen molar-refractivity contribution in [3.05, 3.63) is 23.4 Å². The number of pyridine rings is 1. The van der Waals surface area contributed by atoms with Crippen molar-refractivity contribution < 1.29 is 0 Å². The van der Waals surface area contributed by atoms with Gasteiger partial charge >= 0.3 is 0 Å². The van der Waals surface area contributed by atoms with Crippen LogP contribution in [-0.2, 0) is 0 Å². The molecule has 3 unspecified atom stereocenters. The molecule has 2 aliphatic heterocycles. The zero-order valence-electron chi connectivity index (χ0n) is 13.4. The molecule has 122 valence electrons. The van der Waals surface area contributed by atoms with Crippen LogP contribution in [0.25, 0.3) is 0 Å². The molecule has 0 aliphatic carbocycles. The van der Waals surface area contributed by atoms with Gasteiger partial charge in [-0.25, -0.2) is 4.98 Å². The Bertz CT molecular complexity index is 472. The number of nitrogens with one attached hydrogen (secondary N) is 2. The molecule has 2 N–H and O–H groups in total. The number of anilines is 1. The average molecular weight is 324 g/mol. The van der Waals surface area contributed by atoms with Gasteiger partial charge in [0.05, 0.1) is 5.02 Å². The van der Waals surface area contributed by atoms with Crippen LogP contribution in [0.15, 0.2) is 18.3 Å². The van der Waals surface area contributed by atoms with Gasteiger partial charge in [0.1, 0.15) is 5.82 Å². The summed E-state index contributed by atoms with van der Waals surface area (Å²) in [6.07, 6.45) is 2.91. The van der Waals surface area contributed by atoms with Gasteiger partial charge in [0.25, 0.3) is 0 Å². The quantitative estimate of drug-likeness (QED) is 0.884. The summed E-state index contributed by atoms with van der Waals surface area (Å²) in [4.78, 5) is 9.31. The van der Waals surface area contributed by atoms with Crippen LogP contribution in [-0.4, -0.2) is 54.7 Å². The van der Waals surface area contributed by atoms with Crippen molar-refractivity contribution in [3.8, 4) is 0 Å². The van der Waals surface area contributed by atoms with Crippen molar-refractivity contribution >= 4 is 17.4 Å². The lowest BCUT2D eigenvalue weighted by Crippen LogP contribution is -2.51. The Hall–Kier alpha value is -0.880. The lowest BCUT2D eigenvalue weighted by atomic mass is 9.94. The summed E-state index contributed by atoms with van der Waals surface area (Å²) in [7, 11) is 0. The van der Waals surface area contributed by atoms with Gasteiger partial charge in [0.2, 0.25) is 0 Å². The molecule has 0 aromatic carbocycles. The van der Waals surface area contributed by atoms with Crippen molar-refractivity contribution in [2.24, 2.45) is 5.92 Å². The molecule has 1 aromatic heterocycles. The Kier molecular flexibility index (Phi) is 5.18. The second-order valence-corrected chi connectivity index (χ2v) is 6.83. The largest absolute Gasteiger partial charge is 0.354 e. The molecule has 6 heteroatoms. The van der Waals surface area contributed by atoms with Crippen LogP contribution in [0.3, 0.4) is 0 Å². The van der Waals surface area contributed by atoms with Crippen LogP contribution >= 0.6 is 11.6 Å². The van der Waals surface area contributed by atoms with Crippen molar-refractivity contribution in [2.75, 3.05) is 37.6 Å². The van der Waals surface area contributed by atoms with Crippen LogP contribution in [0.1, 0.15) is 20.3 Å². The molecule has 3 heterocycles. The van der Waals surface area contributed by atoms with Gasteiger partial charge in [0, 0.05) is 51.0 Å². The highest BCUT2D eigenvalue weighted by atomic mass is 35.5. The van der Waals surface area contributed by atoms with Gasteiger partial charge in [-0.3, -0.25) is 15.8 Å². The first-order valence-corrected chi connectivity index (χ1v) is 8.65. The Morgan fingerprint density at radius 1 is 1.18 bits per heavy atom. The standard InChI is InChI=1S/C16H26ClN5/c1-3-14-12(2)15(20-19-14)11-21-6-8-22(9-7-21)16-5-4-13(17)10-18-16/h4-5,10,12,14-15,19-20H,3,6-9,11H2,1-2H3. The fraction of sp³-hybridized carbons (Fsp3) is 0.688. The third-order valence-electron chi connectivity index (χ3n) is 5.03. The fourth-order valence-corrected chi connectivity index (χ4v) is 3.55. The number of hydrazine groups is 1. The molecule has 3 atom stereocenters. The molecule has 5 nitrogen and oxygen atoms in total. The molecule has 0 spiro atoms. The predicted octanol–water partition coefficient (Wildman–Crippen LogP) is 1.75. The highest BCUT2D eigenvalue weighted by Gasteiger charge is 2.32. The van der Waals surface area contributed by atoms with Crippen LogP contribution < -0.4 is 15.8 Å². The van der Waals surface area contributed by atoms with E-state index >= 15 is 0 Å². The SMILES string of the molecule is CCC1NNC(CN2CCN(c3ccc(Cl)cn3)CC2)C1C.